The molecule has 0 unspecified atom stereocenters. The normalized spacial score (nSPS) is 12.7. The Kier molecular flexibility index (Phi) is 6.16. The number of para-hydroxylation sites is 1. The summed E-state index contributed by atoms with van der Waals surface area (Å²) in [4.78, 5) is 12.0. The zero-order valence-corrected chi connectivity index (χ0v) is 18.3. The van der Waals surface area contributed by atoms with Crippen molar-refractivity contribution in [2.75, 3.05) is 11.9 Å². The zero-order valence-electron chi connectivity index (χ0n) is 17.3. The molecule has 0 radical (unpaired) electrons. The van der Waals surface area contributed by atoms with Crippen molar-refractivity contribution in [1.29, 1.82) is 0 Å². The maximum Gasteiger partial charge on any atom is 0.419 e. The topological polar surface area (TPSA) is 73.6 Å². The fraction of sp³-hybridized carbons (Fsp3) is 0.500. The van der Waals surface area contributed by atoms with Crippen LogP contribution < -0.4 is 10.1 Å². The maximum absolute atomic E-state index is 12.0. The Morgan fingerprint density at radius 3 is 2.37 bits per heavy atom. The summed E-state index contributed by atoms with van der Waals surface area (Å²) >= 11 is 0. The number of hydrogen-bond acceptors (Lipinski definition) is 5. The van der Waals surface area contributed by atoms with Gasteiger partial charge in [-0.15, -0.1) is 0 Å². The molecule has 1 amide bonds. The van der Waals surface area contributed by atoms with Crippen molar-refractivity contribution in [3.05, 3.63) is 42.1 Å². The second kappa shape index (κ2) is 7.86. The minimum absolute atomic E-state index is 0.140. The molecular weight excluding hydrogens is 360 g/mol. The molecule has 0 aliphatic carbocycles. The molecule has 0 fully saturated rings. The highest BCUT2D eigenvalue weighted by molar-refractivity contribution is 6.74. The highest BCUT2D eigenvalue weighted by Crippen LogP contribution is 2.38. The first-order chi connectivity index (χ1) is 12.4. The summed E-state index contributed by atoms with van der Waals surface area (Å²) < 4.78 is 16.8. The summed E-state index contributed by atoms with van der Waals surface area (Å²) in [7, 11) is -1.86. The number of carbonyl (C=O) groups excluding carboxylic acids is 1. The van der Waals surface area contributed by atoms with Crippen LogP contribution in [0.4, 0.5) is 10.7 Å². The van der Waals surface area contributed by atoms with Gasteiger partial charge in [0, 0.05) is 18.1 Å². The summed E-state index contributed by atoms with van der Waals surface area (Å²) in [5.41, 5.74) is 0.374. The zero-order chi connectivity index (χ0) is 20.3. The van der Waals surface area contributed by atoms with E-state index in [1.807, 2.05) is 19.9 Å². The van der Waals surface area contributed by atoms with E-state index in [1.165, 1.54) is 0 Å². The maximum atomic E-state index is 12.0. The molecule has 1 aromatic heterocycles. The van der Waals surface area contributed by atoms with Crippen molar-refractivity contribution in [2.45, 2.75) is 58.2 Å². The summed E-state index contributed by atoms with van der Waals surface area (Å²) in [5.74, 6) is 0.698. The molecule has 0 aliphatic heterocycles. The number of hydrogen-bond donors (Lipinski definition) is 1. The van der Waals surface area contributed by atoms with E-state index in [0.29, 0.717) is 12.4 Å². The molecule has 0 saturated carbocycles. The quantitative estimate of drug-likeness (QED) is 0.651. The van der Waals surface area contributed by atoms with E-state index in [1.54, 1.807) is 30.3 Å². The van der Waals surface area contributed by atoms with Gasteiger partial charge in [-0.2, -0.15) is 0 Å². The molecule has 1 heterocycles. The van der Waals surface area contributed by atoms with Crippen LogP contribution in [0.3, 0.4) is 0 Å². The minimum Gasteiger partial charge on any atom is -0.416 e. The van der Waals surface area contributed by atoms with Crippen LogP contribution >= 0.6 is 0 Å². The van der Waals surface area contributed by atoms with Crippen LogP contribution in [0.1, 0.15) is 40.3 Å². The smallest absolute Gasteiger partial charge is 0.416 e. The monoisotopic (exact) mass is 390 g/mol. The number of ether oxygens (including phenoxy) is 1. The number of nitrogens with one attached hydrogen (secondary N) is 1. The second-order valence-corrected chi connectivity index (χ2v) is 13.6. The van der Waals surface area contributed by atoms with Gasteiger partial charge in [0.15, 0.2) is 8.32 Å². The summed E-state index contributed by atoms with van der Waals surface area (Å²) in [6.07, 6.45) is -0.626. The molecule has 148 valence electrons. The molecule has 1 aromatic carbocycles. The SMILES string of the molecule is CC(C)(CO[Si](C)(C)C(C)(C)C)c1cc(NC(=O)Oc2ccccc2)on1. The molecule has 0 atom stereocenters. The number of amides is 1. The van der Waals surface area contributed by atoms with Crippen molar-refractivity contribution in [3.63, 3.8) is 0 Å². The van der Waals surface area contributed by atoms with Gasteiger partial charge in [0.2, 0.25) is 5.88 Å². The van der Waals surface area contributed by atoms with Crippen LogP contribution in [0.25, 0.3) is 0 Å². The van der Waals surface area contributed by atoms with Gasteiger partial charge in [-0.25, -0.2) is 4.79 Å². The number of anilines is 1. The first-order valence-corrected chi connectivity index (χ1v) is 12.0. The molecule has 7 heteroatoms. The summed E-state index contributed by atoms with van der Waals surface area (Å²) in [6, 6.07) is 10.5. The van der Waals surface area contributed by atoms with Crippen LogP contribution in [0.15, 0.2) is 40.9 Å². The van der Waals surface area contributed by atoms with Crippen LogP contribution in [-0.4, -0.2) is 26.2 Å². The summed E-state index contributed by atoms with van der Waals surface area (Å²) in [6.45, 7) is 15.7. The van der Waals surface area contributed by atoms with E-state index in [0.717, 1.165) is 5.69 Å². The number of aromatic nitrogens is 1. The predicted molar refractivity (Wildman–Crippen MR) is 109 cm³/mol. The van der Waals surface area contributed by atoms with Gasteiger partial charge in [0.05, 0.1) is 5.69 Å². The molecule has 27 heavy (non-hydrogen) atoms. The Bertz CT molecular complexity index is 764. The third-order valence-corrected chi connectivity index (χ3v) is 9.46. The fourth-order valence-corrected chi connectivity index (χ4v) is 3.18. The van der Waals surface area contributed by atoms with Crippen LogP contribution in [-0.2, 0) is 9.84 Å². The van der Waals surface area contributed by atoms with E-state index in [4.69, 9.17) is 13.7 Å². The molecule has 2 aromatic rings. The molecule has 6 nitrogen and oxygen atoms in total. The van der Waals surface area contributed by atoms with Crippen molar-refractivity contribution >= 4 is 20.3 Å². The first-order valence-electron chi connectivity index (χ1n) is 9.06. The van der Waals surface area contributed by atoms with Crippen molar-refractivity contribution in [1.82, 2.24) is 5.16 Å². The van der Waals surface area contributed by atoms with Crippen molar-refractivity contribution in [2.24, 2.45) is 0 Å². The number of carbonyl (C=O) groups is 1. The van der Waals surface area contributed by atoms with Gasteiger partial charge in [-0.1, -0.05) is 58.0 Å². The van der Waals surface area contributed by atoms with E-state index in [2.05, 4.69) is 44.3 Å². The fourth-order valence-electron chi connectivity index (χ4n) is 2.03. The molecule has 0 spiro atoms. The lowest BCUT2D eigenvalue weighted by molar-refractivity contribution is 0.211. The van der Waals surface area contributed by atoms with Gasteiger partial charge >= 0.3 is 6.09 Å². The molecular formula is C20H30N2O4Si. The van der Waals surface area contributed by atoms with Gasteiger partial charge in [-0.3, -0.25) is 5.32 Å². The average Bonchev–Trinajstić information content (AvgIpc) is 3.02. The summed E-state index contributed by atoms with van der Waals surface area (Å²) in [5, 5.41) is 6.80. The lowest BCUT2D eigenvalue weighted by atomic mass is 9.91. The van der Waals surface area contributed by atoms with Gasteiger partial charge < -0.3 is 13.7 Å². The highest BCUT2D eigenvalue weighted by atomic mass is 28.4. The van der Waals surface area contributed by atoms with Gasteiger partial charge in [-0.05, 0) is 30.3 Å². The lowest BCUT2D eigenvalue weighted by Gasteiger charge is -2.38. The molecule has 2 rings (SSSR count). The second-order valence-electron chi connectivity index (χ2n) is 8.84. The average molecular weight is 391 g/mol. The van der Waals surface area contributed by atoms with E-state index in [9.17, 15) is 4.79 Å². The van der Waals surface area contributed by atoms with E-state index >= 15 is 0 Å². The minimum atomic E-state index is -1.86. The third-order valence-electron chi connectivity index (χ3n) is 4.98. The van der Waals surface area contributed by atoms with E-state index in [-0.39, 0.29) is 16.3 Å². The van der Waals surface area contributed by atoms with E-state index < -0.39 is 14.4 Å². The first kappa shape index (κ1) is 21.2. The van der Waals surface area contributed by atoms with Gasteiger partial charge in [0.1, 0.15) is 5.75 Å². The van der Waals surface area contributed by atoms with Crippen LogP contribution in [0, 0.1) is 0 Å². The standard InChI is InChI=1S/C20H30N2O4Si/c1-19(2,3)27(6,7)24-14-20(4,5)16-13-17(26-22-16)21-18(23)25-15-11-9-8-10-12-15/h8-13H,14H2,1-7H3,(H,21,23). The Morgan fingerprint density at radius 2 is 1.78 bits per heavy atom. The van der Waals surface area contributed by atoms with Crippen LogP contribution in [0.2, 0.25) is 18.1 Å². The largest absolute Gasteiger partial charge is 0.419 e. The van der Waals surface area contributed by atoms with Crippen LogP contribution in [0.5, 0.6) is 5.75 Å². The predicted octanol–water partition coefficient (Wildman–Crippen LogP) is 5.58. The number of benzene rings is 1. The van der Waals surface area contributed by atoms with Crippen molar-refractivity contribution in [3.8, 4) is 5.75 Å². The molecule has 0 bridgehead atoms. The lowest BCUT2D eigenvalue weighted by Crippen LogP contribution is -2.44. The Hall–Kier alpha value is -2.12. The molecule has 1 N–H and O–H groups in total. The highest BCUT2D eigenvalue weighted by Gasteiger charge is 2.39. The van der Waals surface area contributed by atoms with Crippen molar-refractivity contribution < 1.29 is 18.5 Å². The third kappa shape index (κ3) is 5.67. The Morgan fingerprint density at radius 1 is 1.15 bits per heavy atom. The van der Waals surface area contributed by atoms with Gasteiger partial charge in [0.25, 0.3) is 0 Å². The Balaban J connectivity index is 1.98. The number of rotatable bonds is 6. The molecule has 0 aliphatic rings. The number of nitrogens with zero attached hydrogens (tertiary/aromatic N) is 1. The Labute approximate surface area is 162 Å². The molecule has 0 saturated heterocycles.